The molecule has 1 aromatic carbocycles. The van der Waals surface area contributed by atoms with E-state index in [1.807, 2.05) is 11.8 Å². The van der Waals surface area contributed by atoms with Gasteiger partial charge in [0.2, 0.25) is 0 Å². The van der Waals surface area contributed by atoms with Gasteiger partial charge >= 0.3 is 6.03 Å². The van der Waals surface area contributed by atoms with Crippen LogP contribution in [0.15, 0.2) is 18.2 Å². The van der Waals surface area contributed by atoms with Crippen LogP contribution in [0.4, 0.5) is 10.5 Å². The van der Waals surface area contributed by atoms with Gasteiger partial charge in [-0.2, -0.15) is 0 Å². The molecule has 110 valence electrons. The minimum absolute atomic E-state index is 0.0993. The predicted molar refractivity (Wildman–Crippen MR) is 83.8 cm³/mol. The topological polar surface area (TPSA) is 44.4 Å². The molecule has 2 N–H and O–H groups in total. The van der Waals surface area contributed by atoms with E-state index in [-0.39, 0.29) is 12.1 Å². The van der Waals surface area contributed by atoms with Crippen LogP contribution in [0.3, 0.4) is 0 Å². The van der Waals surface area contributed by atoms with E-state index in [0.717, 1.165) is 25.9 Å². The number of nitrogens with zero attached hydrogens (tertiary/aromatic N) is 1. The molecule has 0 atom stereocenters. The lowest BCUT2D eigenvalue weighted by molar-refractivity contribution is 0.175. The highest BCUT2D eigenvalue weighted by Crippen LogP contribution is 2.23. The zero-order chi connectivity index (χ0) is 14.5. The molecule has 6 heteroatoms. The smallest absolute Gasteiger partial charge is 0.322 e. The molecule has 1 aliphatic heterocycles. The third-order valence-corrected chi connectivity index (χ3v) is 3.90. The molecule has 2 rings (SSSR count). The highest BCUT2D eigenvalue weighted by atomic mass is 35.5. The Kier molecular flexibility index (Phi) is 5.52. The van der Waals surface area contributed by atoms with Gasteiger partial charge in [0.1, 0.15) is 0 Å². The number of piperidine rings is 1. The van der Waals surface area contributed by atoms with Crippen molar-refractivity contribution in [3.05, 3.63) is 28.2 Å². The standard InChI is InChI=1S/C14H19Cl2N3O/c1-2-19(13-3-5-17-6-4-13)14(20)18-12-8-10(15)7-11(16)9-12/h7-9,13,17H,2-6H2,1H3,(H,18,20). The number of hydrogen-bond donors (Lipinski definition) is 2. The third-order valence-electron chi connectivity index (χ3n) is 3.46. The van der Waals surface area contributed by atoms with Gasteiger partial charge in [-0.05, 0) is 51.1 Å². The first-order valence-corrected chi connectivity index (χ1v) is 7.60. The van der Waals surface area contributed by atoms with Gasteiger partial charge in [0.05, 0.1) is 0 Å². The van der Waals surface area contributed by atoms with E-state index in [1.165, 1.54) is 0 Å². The number of rotatable bonds is 3. The van der Waals surface area contributed by atoms with E-state index in [9.17, 15) is 4.79 Å². The number of urea groups is 1. The van der Waals surface area contributed by atoms with E-state index in [2.05, 4.69) is 10.6 Å². The molecule has 1 aliphatic rings. The van der Waals surface area contributed by atoms with E-state index in [4.69, 9.17) is 23.2 Å². The Bertz CT molecular complexity index is 455. The van der Waals surface area contributed by atoms with E-state index in [0.29, 0.717) is 22.3 Å². The number of anilines is 1. The minimum Gasteiger partial charge on any atom is -0.322 e. The van der Waals surface area contributed by atoms with Crippen molar-refractivity contribution in [1.29, 1.82) is 0 Å². The third kappa shape index (κ3) is 4.01. The number of carbonyl (C=O) groups is 1. The Balaban J connectivity index is 2.04. The highest BCUT2D eigenvalue weighted by molar-refractivity contribution is 6.35. The van der Waals surface area contributed by atoms with Gasteiger partial charge in [-0.25, -0.2) is 4.79 Å². The van der Waals surface area contributed by atoms with Crippen LogP contribution in [-0.2, 0) is 0 Å². The lowest BCUT2D eigenvalue weighted by atomic mass is 10.1. The van der Waals surface area contributed by atoms with Crippen molar-refractivity contribution in [2.45, 2.75) is 25.8 Å². The van der Waals surface area contributed by atoms with Gasteiger partial charge in [0.25, 0.3) is 0 Å². The van der Waals surface area contributed by atoms with Crippen LogP contribution in [0.2, 0.25) is 10.0 Å². The molecular formula is C14H19Cl2N3O. The lowest BCUT2D eigenvalue weighted by Gasteiger charge is -2.33. The molecule has 1 fully saturated rings. The van der Waals surface area contributed by atoms with Crippen LogP contribution in [0.1, 0.15) is 19.8 Å². The van der Waals surface area contributed by atoms with Gasteiger partial charge in [-0.3, -0.25) is 0 Å². The van der Waals surface area contributed by atoms with Crippen molar-refractivity contribution in [2.75, 3.05) is 25.0 Å². The molecule has 0 radical (unpaired) electrons. The van der Waals surface area contributed by atoms with E-state index in [1.54, 1.807) is 18.2 Å². The number of hydrogen-bond acceptors (Lipinski definition) is 2. The maximum atomic E-state index is 12.4. The second-order valence-electron chi connectivity index (χ2n) is 4.86. The quantitative estimate of drug-likeness (QED) is 0.895. The fourth-order valence-corrected chi connectivity index (χ4v) is 3.03. The molecule has 4 nitrogen and oxygen atoms in total. The van der Waals surface area contributed by atoms with Crippen molar-refractivity contribution < 1.29 is 4.79 Å². The molecule has 0 aromatic heterocycles. The summed E-state index contributed by atoms with van der Waals surface area (Å²) < 4.78 is 0. The first-order chi connectivity index (χ1) is 9.60. The number of benzene rings is 1. The molecule has 0 bridgehead atoms. The molecule has 0 unspecified atom stereocenters. The zero-order valence-electron chi connectivity index (χ0n) is 11.5. The van der Waals surface area contributed by atoms with Crippen LogP contribution in [0, 0.1) is 0 Å². The predicted octanol–water partition coefficient (Wildman–Crippen LogP) is 3.60. The highest BCUT2D eigenvalue weighted by Gasteiger charge is 2.24. The summed E-state index contributed by atoms with van der Waals surface area (Å²) >= 11 is 11.9. The molecule has 0 spiro atoms. The van der Waals surface area contributed by atoms with Crippen LogP contribution < -0.4 is 10.6 Å². The van der Waals surface area contributed by atoms with Gasteiger partial charge < -0.3 is 15.5 Å². The zero-order valence-corrected chi connectivity index (χ0v) is 13.0. The molecule has 20 heavy (non-hydrogen) atoms. The van der Waals surface area contributed by atoms with Crippen LogP contribution in [0.5, 0.6) is 0 Å². The summed E-state index contributed by atoms with van der Waals surface area (Å²) in [6.45, 7) is 4.59. The molecule has 0 saturated carbocycles. The molecule has 1 aromatic rings. The summed E-state index contributed by atoms with van der Waals surface area (Å²) in [5.41, 5.74) is 0.625. The van der Waals surface area contributed by atoms with Crippen molar-refractivity contribution >= 4 is 34.9 Å². The average Bonchev–Trinajstić information content (AvgIpc) is 2.39. The summed E-state index contributed by atoms with van der Waals surface area (Å²) in [5, 5.41) is 7.20. The molecule has 1 heterocycles. The second-order valence-corrected chi connectivity index (χ2v) is 5.73. The van der Waals surface area contributed by atoms with Crippen LogP contribution in [0.25, 0.3) is 0 Å². The van der Waals surface area contributed by atoms with Gasteiger partial charge in [-0.1, -0.05) is 23.2 Å². The Hall–Kier alpha value is -0.970. The van der Waals surface area contributed by atoms with Crippen LogP contribution >= 0.6 is 23.2 Å². The monoisotopic (exact) mass is 315 g/mol. The Morgan fingerprint density at radius 2 is 1.90 bits per heavy atom. The Labute approximate surface area is 129 Å². The maximum absolute atomic E-state index is 12.4. The number of nitrogens with one attached hydrogen (secondary N) is 2. The molecular weight excluding hydrogens is 297 g/mol. The normalized spacial score (nSPS) is 15.9. The van der Waals surface area contributed by atoms with Gasteiger partial charge in [-0.15, -0.1) is 0 Å². The van der Waals surface area contributed by atoms with Crippen molar-refractivity contribution in [3.8, 4) is 0 Å². The second kappa shape index (κ2) is 7.16. The number of carbonyl (C=O) groups excluding carboxylic acids is 1. The van der Waals surface area contributed by atoms with E-state index < -0.39 is 0 Å². The first kappa shape index (κ1) is 15.4. The minimum atomic E-state index is -0.0993. The summed E-state index contributed by atoms with van der Waals surface area (Å²) in [6.07, 6.45) is 1.97. The first-order valence-electron chi connectivity index (χ1n) is 6.84. The summed E-state index contributed by atoms with van der Waals surface area (Å²) in [6, 6.07) is 5.22. The van der Waals surface area contributed by atoms with Crippen molar-refractivity contribution in [1.82, 2.24) is 10.2 Å². The summed E-state index contributed by atoms with van der Waals surface area (Å²) in [7, 11) is 0. The Morgan fingerprint density at radius 3 is 2.45 bits per heavy atom. The molecule has 2 amide bonds. The average molecular weight is 316 g/mol. The van der Waals surface area contributed by atoms with Gasteiger partial charge in [0.15, 0.2) is 0 Å². The van der Waals surface area contributed by atoms with Crippen molar-refractivity contribution in [2.24, 2.45) is 0 Å². The number of halogens is 2. The lowest BCUT2D eigenvalue weighted by Crippen LogP contribution is -2.47. The fraction of sp³-hybridized carbons (Fsp3) is 0.500. The SMILES string of the molecule is CCN(C(=O)Nc1cc(Cl)cc(Cl)c1)C1CCNCC1. The largest absolute Gasteiger partial charge is 0.322 e. The van der Waals surface area contributed by atoms with Gasteiger partial charge in [0, 0.05) is 28.3 Å². The maximum Gasteiger partial charge on any atom is 0.322 e. The van der Waals surface area contributed by atoms with E-state index >= 15 is 0 Å². The molecule has 0 aliphatic carbocycles. The summed E-state index contributed by atoms with van der Waals surface area (Å²) in [4.78, 5) is 14.2. The van der Waals surface area contributed by atoms with Crippen molar-refractivity contribution in [3.63, 3.8) is 0 Å². The number of amides is 2. The Morgan fingerprint density at radius 1 is 1.30 bits per heavy atom. The van der Waals surface area contributed by atoms with Crippen LogP contribution in [-0.4, -0.2) is 36.6 Å². The molecule has 1 saturated heterocycles. The summed E-state index contributed by atoms with van der Waals surface area (Å²) in [5.74, 6) is 0. The fourth-order valence-electron chi connectivity index (χ4n) is 2.51.